The highest BCUT2D eigenvalue weighted by atomic mass is 35.5. The van der Waals surface area contributed by atoms with E-state index in [1.54, 1.807) is 34.1 Å². The van der Waals surface area contributed by atoms with Crippen LogP contribution in [0.15, 0.2) is 36.4 Å². The minimum atomic E-state index is -0.176. The van der Waals surface area contributed by atoms with E-state index in [2.05, 4.69) is 15.5 Å². The Morgan fingerprint density at radius 1 is 1.04 bits per heavy atom. The predicted octanol–water partition coefficient (Wildman–Crippen LogP) is 2.18. The van der Waals surface area contributed by atoms with E-state index in [0.29, 0.717) is 37.0 Å². The van der Waals surface area contributed by atoms with E-state index in [4.69, 9.17) is 11.6 Å². The van der Waals surface area contributed by atoms with Crippen molar-refractivity contribution in [2.45, 2.75) is 6.92 Å². The molecule has 0 radical (unpaired) electrons. The molecule has 1 aromatic heterocycles. The molecule has 0 saturated carbocycles. The summed E-state index contributed by atoms with van der Waals surface area (Å²) in [6.07, 6.45) is 0. The van der Waals surface area contributed by atoms with Crippen LogP contribution in [0.3, 0.4) is 0 Å². The molecule has 0 bridgehead atoms. The number of anilines is 2. The third-order valence-electron chi connectivity index (χ3n) is 3.99. The number of piperazine rings is 1. The normalized spacial score (nSPS) is 14.3. The van der Waals surface area contributed by atoms with Crippen LogP contribution in [0.25, 0.3) is 0 Å². The summed E-state index contributed by atoms with van der Waals surface area (Å²) in [5.74, 6) is 0.383. The number of nitrogens with zero attached hydrogens (tertiary/aromatic N) is 4. The zero-order valence-corrected chi connectivity index (χ0v) is 14.5. The second-order valence-corrected chi connectivity index (χ2v) is 6.17. The molecule has 0 aliphatic carbocycles. The molecule has 1 aliphatic rings. The van der Waals surface area contributed by atoms with Crippen molar-refractivity contribution in [1.29, 1.82) is 0 Å². The number of hydrogen-bond donors (Lipinski definition) is 1. The van der Waals surface area contributed by atoms with Gasteiger partial charge in [0.1, 0.15) is 0 Å². The van der Waals surface area contributed by atoms with Crippen molar-refractivity contribution in [2.24, 2.45) is 0 Å². The zero-order chi connectivity index (χ0) is 17.8. The Balaban J connectivity index is 1.62. The van der Waals surface area contributed by atoms with Gasteiger partial charge in [0.15, 0.2) is 11.5 Å². The summed E-state index contributed by atoms with van der Waals surface area (Å²) in [6, 6.07) is 10.6. The van der Waals surface area contributed by atoms with Crippen LogP contribution in [0.2, 0.25) is 5.02 Å². The number of rotatable bonds is 3. The van der Waals surface area contributed by atoms with Crippen LogP contribution in [0.1, 0.15) is 17.4 Å². The quantitative estimate of drug-likeness (QED) is 0.908. The van der Waals surface area contributed by atoms with Gasteiger partial charge in [-0.25, -0.2) is 0 Å². The summed E-state index contributed by atoms with van der Waals surface area (Å²) in [4.78, 5) is 27.2. The average molecular weight is 360 g/mol. The van der Waals surface area contributed by atoms with Gasteiger partial charge in [-0.2, -0.15) is 0 Å². The molecular formula is C17H18ClN5O2. The fraction of sp³-hybridized carbons (Fsp3) is 0.294. The second-order valence-electron chi connectivity index (χ2n) is 5.74. The van der Waals surface area contributed by atoms with Crippen molar-refractivity contribution in [3.8, 4) is 0 Å². The van der Waals surface area contributed by atoms with Crippen LogP contribution in [0.4, 0.5) is 11.5 Å². The van der Waals surface area contributed by atoms with Crippen molar-refractivity contribution in [1.82, 2.24) is 20.0 Å². The Labute approximate surface area is 150 Å². The van der Waals surface area contributed by atoms with Gasteiger partial charge in [-0.15, -0.1) is 10.2 Å². The highest BCUT2D eigenvalue weighted by Crippen LogP contribution is 2.18. The molecule has 2 amide bonds. The highest BCUT2D eigenvalue weighted by Gasteiger charge is 2.24. The number of benzene rings is 1. The second kappa shape index (κ2) is 7.48. The van der Waals surface area contributed by atoms with Crippen molar-refractivity contribution in [3.05, 3.63) is 47.1 Å². The third kappa shape index (κ3) is 4.24. The van der Waals surface area contributed by atoms with E-state index < -0.39 is 0 Å². The minimum Gasteiger partial charge on any atom is -0.339 e. The maximum absolute atomic E-state index is 12.5. The number of carbonyl (C=O) groups excluding carboxylic acids is 2. The summed E-state index contributed by atoms with van der Waals surface area (Å²) in [5, 5.41) is 11.8. The lowest BCUT2D eigenvalue weighted by atomic mass is 10.2. The molecule has 1 aliphatic heterocycles. The molecule has 0 spiro atoms. The lowest BCUT2D eigenvalue weighted by molar-refractivity contribution is -0.130. The summed E-state index contributed by atoms with van der Waals surface area (Å²) in [7, 11) is 0. The van der Waals surface area contributed by atoms with E-state index in [9.17, 15) is 9.59 Å². The molecule has 8 heteroatoms. The first-order chi connectivity index (χ1) is 12.0. The van der Waals surface area contributed by atoms with E-state index in [1.165, 1.54) is 6.92 Å². The van der Waals surface area contributed by atoms with Crippen LogP contribution in [-0.4, -0.2) is 58.0 Å². The Morgan fingerprint density at radius 2 is 1.76 bits per heavy atom. The molecule has 3 rings (SSSR count). The summed E-state index contributed by atoms with van der Waals surface area (Å²) < 4.78 is 0. The van der Waals surface area contributed by atoms with Crippen LogP contribution >= 0.6 is 11.6 Å². The molecule has 7 nitrogen and oxygen atoms in total. The van der Waals surface area contributed by atoms with Gasteiger partial charge in [0.2, 0.25) is 5.91 Å². The van der Waals surface area contributed by atoms with Gasteiger partial charge in [-0.05, 0) is 30.3 Å². The predicted molar refractivity (Wildman–Crippen MR) is 94.9 cm³/mol. The number of halogens is 1. The molecule has 25 heavy (non-hydrogen) atoms. The van der Waals surface area contributed by atoms with Crippen LogP contribution in [-0.2, 0) is 4.79 Å². The average Bonchev–Trinajstić information content (AvgIpc) is 2.62. The van der Waals surface area contributed by atoms with Gasteiger partial charge in [0.25, 0.3) is 5.91 Å². The highest BCUT2D eigenvalue weighted by molar-refractivity contribution is 6.30. The molecule has 130 valence electrons. The number of amides is 2. The SMILES string of the molecule is CC(=O)N1CCN(C(=O)c2ccc(Nc3cccc(Cl)c3)nn2)CC1. The Bertz CT molecular complexity index is 773. The monoisotopic (exact) mass is 359 g/mol. The molecule has 0 atom stereocenters. The van der Waals surface area contributed by atoms with Gasteiger partial charge < -0.3 is 15.1 Å². The molecular weight excluding hydrogens is 342 g/mol. The molecule has 2 aromatic rings. The number of nitrogens with one attached hydrogen (secondary N) is 1. The Hall–Kier alpha value is -2.67. The summed E-state index contributed by atoms with van der Waals surface area (Å²) in [6.45, 7) is 3.63. The maximum Gasteiger partial charge on any atom is 0.274 e. The van der Waals surface area contributed by atoms with Crippen LogP contribution in [0.5, 0.6) is 0 Å². The van der Waals surface area contributed by atoms with Gasteiger partial charge >= 0.3 is 0 Å². The van der Waals surface area contributed by atoms with Gasteiger partial charge in [-0.3, -0.25) is 9.59 Å². The minimum absolute atomic E-state index is 0.0309. The van der Waals surface area contributed by atoms with E-state index in [0.717, 1.165) is 5.69 Å². The van der Waals surface area contributed by atoms with Gasteiger partial charge in [0, 0.05) is 43.8 Å². The zero-order valence-electron chi connectivity index (χ0n) is 13.8. The van der Waals surface area contributed by atoms with Crippen LogP contribution in [0, 0.1) is 0 Å². The Morgan fingerprint density at radius 3 is 2.36 bits per heavy atom. The van der Waals surface area contributed by atoms with E-state index in [1.807, 2.05) is 12.1 Å². The van der Waals surface area contributed by atoms with Crippen molar-refractivity contribution >= 4 is 34.9 Å². The third-order valence-corrected chi connectivity index (χ3v) is 4.23. The molecule has 0 unspecified atom stereocenters. The van der Waals surface area contributed by atoms with Crippen molar-refractivity contribution < 1.29 is 9.59 Å². The van der Waals surface area contributed by atoms with E-state index in [-0.39, 0.29) is 17.5 Å². The number of aromatic nitrogens is 2. The first-order valence-corrected chi connectivity index (χ1v) is 8.32. The smallest absolute Gasteiger partial charge is 0.274 e. The molecule has 1 saturated heterocycles. The lowest BCUT2D eigenvalue weighted by Crippen LogP contribution is -2.50. The molecule has 1 N–H and O–H groups in total. The first kappa shape index (κ1) is 17.2. The molecule has 1 aromatic carbocycles. The first-order valence-electron chi connectivity index (χ1n) is 7.94. The van der Waals surface area contributed by atoms with Gasteiger partial charge in [-0.1, -0.05) is 17.7 Å². The summed E-state index contributed by atoms with van der Waals surface area (Å²) >= 11 is 5.94. The fourth-order valence-electron chi connectivity index (χ4n) is 2.61. The van der Waals surface area contributed by atoms with E-state index >= 15 is 0 Å². The molecule has 1 fully saturated rings. The number of hydrogen-bond acceptors (Lipinski definition) is 5. The largest absolute Gasteiger partial charge is 0.339 e. The lowest BCUT2D eigenvalue weighted by Gasteiger charge is -2.33. The van der Waals surface area contributed by atoms with Gasteiger partial charge in [0.05, 0.1) is 0 Å². The van der Waals surface area contributed by atoms with Crippen molar-refractivity contribution in [3.63, 3.8) is 0 Å². The Kier molecular flexibility index (Phi) is 5.14. The van der Waals surface area contributed by atoms with Crippen LogP contribution < -0.4 is 5.32 Å². The van der Waals surface area contributed by atoms with Crippen molar-refractivity contribution in [2.75, 3.05) is 31.5 Å². The standard InChI is InChI=1S/C17H18ClN5O2/c1-12(24)22-7-9-23(10-8-22)17(25)15-5-6-16(21-20-15)19-14-4-2-3-13(18)11-14/h2-6,11H,7-10H2,1H3,(H,19,21). The molecule has 2 heterocycles. The maximum atomic E-state index is 12.5. The fourth-order valence-corrected chi connectivity index (χ4v) is 2.80. The number of carbonyl (C=O) groups is 2. The topological polar surface area (TPSA) is 78.4 Å². The summed E-state index contributed by atoms with van der Waals surface area (Å²) in [5.41, 5.74) is 1.08.